The van der Waals surface area contributed by atoms with E-state index in [-0.39, 0.29) is 7.72 Å². The van der Waals surface area contributed by atoms with Gasteiger partial charge in [-0.25, -0.2) is 4.99 Å². The zero-order chi connectivity index (χ0) is 24.6. The maximum atomic E-state index is 5.49. The summed E-state index contributed by atoms with van der Waals surface area (Å²) in [5.74, 6) is 3.99. The quantitative estimate of drug-likeness (QED) is 0.475. The van der Waals surface area contributed by atoms with Crippen LogP contribution in [0.15, 0.2) is 76.6 Å². The fraction of sp³-hybridized carbons (Fsp3) is 0.444. The Morgan fingerprint density at radius 3 is 2.86 bits per heavy atom. The monoisotopic (exact) mass is 510 g/mol. The van der Waals surface area contributed by atoms with E-state index in [9.17, 15) is 0 Å². The van der Waals surface area contributed by atoms with E-state index in [1.807, 2.05) is 51.3 Å². The molecule has 3 N–H and O–H groups in total. The second kappa shape index (κ2) is 12.4. The van der Waals surface area contributed by atoms with Gasteiger partial charge in [0.15, 0.2) is 6.29 Å². The Morgan fingerprint density at radius 1 is 1.26 bits per heavy atom. The average Bonchev–Trinajstić information content (AvgIpc) is 3.66. The Kier molecular flexibility index (Phi) is 9.04. The lowest BCUT2D eigenvalue weighted by Crippen LogP contribution is -2.41. The third-order valence-corrected chi connectivity index (χ3v) is 7.62. The normalized spacial score (nSPS) is 25.3. The summed E-state index contributed by atoms with van der Waals surface area (Å²) < 4.78 is 0. The molecule has 0 radical (unpaired) electrons. The molecule has 3 atom stereocenters. The van der Waals surface area contributed by atoms with E-state index < -0.39 is 0 Å². The van der Waals surface area contributed by atoms with Crippen LogP contribution in [0.25, 0.3) is 0 Å². The molecule has 1 aromatic heterocycles. The second-order valence-corrected chi connectivity index (χ2v) is 10.5. The summed E-state index contributed by atoms with van der Waals surface area (Å²) in [4.78, 5) is 12.0. The zero-order valence-corrected chi connectivity index (χ0v) is 22.5. The number of aromatic nitrogens is 1. The number of hydrogen-bond donors (Lipinski definition) is 3. The summed E-state index contributed by atoms with van der Waals surface area (Å²) in [6.07, 6.45) is 16.2. The van der Waals surface area contributed by atoms with Crippen molar-refractivity contribution in [2.45, 2.75) is 39.9 Å². The molecule has 6 nitrogen and oxygen atoms in total. The zero-order valence-electron chi connectivity index (χ0n) is 20.8. The first kappa shape index (κ1) is 25.5. The first-order chi connectivity index (χ1) is 17.2. The van der Waals surface area contributed by atoms with Crippen molar-refractivity contribution in [2.75, 3.05) is 24.6 Å². The van der Waals surface area contributed by atoms with Gasteiger partial charge < -0.3 is 20.9 Å². The van der Waals surface area contributed by atoms with Crippen molar-refractivity contribution in [2.24, 2.45) is 16.8 Å². The lowest BCUT2D eigenvalue weighted by atomic mass is 10.2. The molecule has 8 heteroatoms. The minimum atomic E-state index is -0.177. The van der Waals surface area contributed by atoms with Crippen LogP contribution in [-0.2, 0) is 0 Å². The minimum Gasteiger partial charge on any atom is -0.373 e. The number of nitrogens with zero attached hydrogens (tertiary/aromatic N) is 3. The van der Waals surface area contributed by atoms with E-state index in [2.05, 4.69) is 54.7 Å². The van der Waals surface area contributed by atoms with E-state index in [4.69, 9.17) is 12.2 Å². The number of hydrogen-bond acceptors (Lipinski definition) is 7. The van der Waals surface area contributed by atoms with Gasteiger partial charge in [0, 0.05) is 78.9 Å². The van der Waals surface area contributed by atoms with Crippen LogP contribution >= 0.6 is 24.0 Å². The Labute approximate surface area is 220 Å². The van der Waals surface area contributed by atoms with Crippen LogP contribution in [0.2, 0.25) is 0 Å². The molecule has 0 spiro atoms. The molecule has 3 heterocycles. The van der Waals surface area contributed by atoms with Crippen molar-refractivity contribution in [3.8, 4) is 0 Å². The summed E-state index contributed by atoms with van der Waals surface area (Å²) in [5, 5.41) is 10.4. The maximum Gasteiger partial charge on any atom is 0.193 e. The SMILES string of the molecule is C/C(=C\C1=CC=NC(NC2=CC=C(N3CCSCC3)C3CC3C2)N1)NC(=S)c1cccnc1.CC.[HH]. The van der Waals surface area contributed by atoms with Crippen molar-refractivity contribution in [1.29, 1.82) is 0 Å². The van der Waals surface area contributed by atoms with Gasteiger partial charge in [0.05, 0.1) is 0 Å². The lowest BCUT2D eigenvalue weighted by Gasteiger charge is -2.31. The highest BCUT2D eigenvalue weighted by Crippen LogP contribution is 2.50. The van der Waals surface area contributed by atoms with E-state index in [0.717, 1.165) is 35.2 Å². The standard InChI is InChI=1S/C25H30N6S2.C2H6.H2/c1-17(28-24(32)18-3-2-7-26-16-18)13-21-6-8-27-25(30-21)29-20-4-5-23(22-15-19(22)14-20)31-9-11-33-12-10-31;1-2;/h2-8,13,16,19,22,25,29-30H,9-12,14-15H2,1H3,(H,28,32);1-2H3;1H/b17-13+;;. The fourth-order valence-electron chi connectivity index (χ4n) is 4.57. The molecule has 2 fully saturated rings. The van der Waals surface area contributed by atoms with Gasteiger partial charge in [-0.05, 0) is 62.1 Å². The number of nitrogens with one attached hydrogen (secondary N) is 3. The number of fused-ring (bicyclic) bond motifs is 1. The van der Waals surface area contributed by atoms with Gasteiger partial charge in [-0.3, -0.25) is 4.98 Å². The Balaban J connectivity index is 0.00000117. The summed E-state index contributed by atoms with van der Waals surface area (Å²) in [7, 11) is 0. The molecule has 0 aromatic carbocycles. The molecular formula is C27H38N6S2. The van der Waals surface area contributed by atoms with Gasteiger partial charge in [-0.2, -0.15) is 11.8 Å². The molecule has 3 unspecified atom stereocenters. The van der Waals surface area contributed by atoms with Gasteiger partial charge in [0.2, 0.25) is 0 Å². The van der Waals surface area contributed by atoms with Crippen LogP contribution in [0.3, 0.4) is 0 Å². The van der Waals surface area contributed by atoms with Gasteiger partial charge >= 0.3 is 0 Å². The molecule has 0 bridgehead atoms. The second-order valence-electron chi connectivity index (χ2n) is 8.82. The number of pyridine rings is 1. The van der Waals surface area contributed by atoms with Crippen molar-refractivity contribution in [3.05, 3.63) is 77.2 Å². The molecule has 1 aromatic rings. The highest BCUT2D eigenvalue weighted by molar-refractivity contribution is 7.99. The van der Waals surface area contributed by atoms with Crippen LogP contribution in [0.4, 0.5) is 0 Å². The predicted molar refractivity (Wildman–Crippen MR) is 154 cm³/mol. The Bertz CT molecular complexity index is 1040. The summed E-state index contributed by atoms with van der Waals surface area (Å²) in [5.41, 5.74) is 5.66. The van der Waals surface area contributed by atoms with Gasteiger partial charge in [-0.15, -0.1) is 0 Å². The largest absolute Gasteiger partial charge is 0.373 e. The van der Waals surface area contributed by atoms with Crippen LogP contribution in [0.1, 0.15) is 40.6 Å². The Hall–Kier alpha value is -2.58. The number of aliphatic imine (C=N–C) groups is 1. The van der Waals surface area contributed by atoms with E-state index >= 15 is 0 Å². The molecule has 0 amide bonds. The summed E-state index contributed by atoms with van der Waals surface area (Å²) >= 11 is 7.56. The van der Waals surface area contributed by atoms with Crippen molar-refractivity contribution >= 4 is 35.2 Å². The van der Waals surface area contributed by atoms with Crippen LogP contribution < -0.4 is 16.0 Å². The number of allylic oxidation sites excluding steroid dienone is 7. The highest BCUT2D eigenvalue weighted by atomic mass is 32.2. The predicted octanol–water partition coefficient (Wildman–Crippen LogP) is 4.81. The summed E-state index contributed by atoms with van der Waals surface area (Å²) in [6.45, 7) is 8.37. The molecule has 35 heavy (non-hydrogen) atoms. The van der Waals surface area contributed by atoms with Crippen LogP contribution in [-0.4, -0.2) is 52.0 Å². The molecule has 1 saturated carbocycles. The molecule has 2 aliphatic heterocycles. The van der Waals surface area contributed by atoms with Crippen molar-refractivity contribution in [3.63, 3.8) is 0 Å². The number of thiocarbonyl (C=S) groups is 1. The molecule has 1 saturated heterocycles. The summed E-state index contributed by atoms with van der Waals surface area (Å²) in [6, 6.07) is 3.84. The third kappa shape index (κ3) is 6.98. The van der Waals surface area contributed by atoms with Gasteiger partial charge in [-0.1, -0.05) is 26.1 Å². The topological polar surface area (TPSA) is 64.6 Å². The van der Waals surface area contributed by atoms with Crippen molar-refractivity contribution in [1.82, 2.24) is 25.8 Å². The van der Waals surface area contributed by atoms with E-state index in [1.54, 1.807) is 18.1 Å². The third-order valence-electron chi connectivity index (χ3n) is 6.34. The number of thioether (sulfide) groups is 1. The molecular weight excluding hydrogens is 472 g/mol. The minimum absolute atomic E-state index is 0. The molecule has 4 aliphatic rings. The molecule has 188 valence electrons. The lowest BCUT2D eigenvalue weighted by molar-refractivity contribution is 0.356. The molecule has 5 rings (SSSR count). The van der Waals surface area contributed by atoms with E-state index in [1.165, 1.54) is 36.7 Å². The van der Waals surface area contributed by atoms with Crippen molar-refractivity contribution < 1.29 is 1.43 Å². The van der Waals surface area contributed by atoms with Crippen LogP contribution in [0, 0.1) is 11.8 Å². The average molecular weight is 511 g/mol. The Morgan fingerprint density at radius 2 is 2.09 bits per heavy atom. The fourth-order valence-corrected chi connectivity index (χ4v) is 5.76. The highest BCUT2D eigenvalue weighted by Gasteiger charge is 2.43. The van der Waals surface area contributed by atoms with Gasteiger partial charge in [0.1, 0.15) is 4.99 Å². The molecule has 2 aliphatic carbocycles. The first-order valence-corrected chi connectivity index (χ1v) is 14.1. The van der Waals surface area contributed by atoms with Crippen LogP contribution in [0.5, 0.6) is 0 Å². The van der Waals surface area contributed by atoms with E-state index in [0.29, 0.717) is 4.99 Å². The maximum absolute atomic E-state index is 5.49. The van der Waals surface area contributed by atoms with Gasteiger partial charge in [0.25, 0.3) is 0 Å². The smallest absolute Gasteiger partial charge is 0.193 e. The first-order valence-electron chi connectivity index (χ1n) is 12.6. The number of rotatable bonds is 6.